The molecule has 3 saturated heterocycles. The number of halogens is 1. The van der Waals surface area contributed by atoms with Crippen LogP contribution in [-0.4, -0.2) is 61.8 Å². The van der Waals surface area contributed by atoms with Crippen LogP contribution in [0.5, 0.6) is 0 Å². The number of nitrogens with one attached hydrogen (secondary N) is 2. The van der Waals surface area contributed by atoms with Gasteiger partial charge in [-0.05, 0) is 51.6 Å². The van der Waals surface area contributed by atoms with E-state index in [2.05, 4.69) is 29.4 Å². The van der Waals surface area contributed by atoms with Crippen LogP contribution in [0.25, 0.3) is 0 Å². The van der Waals surface area contributed by atoms with Gasteiger partial charge in [-0.15, -0.1) is 24.0 Å². The van der Waals surface area contributed by atoms with Gasteiger partial charge in [-0.1, -0.05) is 6.92 Å². The summed E-state index contributed by atoms with van der Waals surface area (Å²) >= 11 is 0. The highest BCUT2D eigenvalue weighted by Gasteiger charge is 2.41. The molecule has 6 heteroatoms. The molecule has 0 aromatic rings. The van der Waals surface area contributed by atoms with E-state index < -0.39 is 0 Å². The average molecular weight is 422 g/mol. The van der Waals surface area contributed by atoms with Gasteiger partial charge in [-0.25, -0.2) is 0 Å². The van der Waals surface area contributed by atoms with E-state index in [1.807, 2.05) is 0 Å². The van der Waals surface area contributed by atoms with Crippen molar-refractivity contribution < 1.29 is 4.74 Å². The van der Waals surface area contributed by atoms with Crippen LogP contribution < -0.4 is 10.6 Å². The fourth-order valence-electron chi connectivity index (χ4n) is 3.85. The molecule has 5 nitrogen and oxygen atoms in total. The van der Waals surface area contributed by atoms with Crippen molar-refractivity contribution in [3.8, 4) is 0 Å². The monoisotopic (exact) mass is 422 g/mol. The molecular formula is C16H31IN4O. The molecule has 4 atom stereocenters. The fraction of sp³-hybridized carbons (Fsp3) is 0.938. The first-order chi connectivity index (χ1) is 10.3. The van der Waals surface area contributed by atoms with Crippen molar-refractivity contribution in [2.24, 2.45) is 10.9 Å². The topological polar surface area (TPSA) is 48.9 Å². The maximum absolute atomic E-state index is 5.92. The lowest BCUT2D eigenvalue weighted by molar-refractivity contribution is 0.0992. The highest BCUT2D eigenvalue weighted by molar-refractivity contribution is 14.0. The molecule has 0 aromatic heterocycles. The number of likely N-dealkylation sites (tertiary alicyclic amines) is 1. The highest BCUT2D eigenvalue weighted by Crippen LogP contribution is 2.34. The largest absolute Gasteiger partial charge is 0.373 e. The zero-order chi connectivity index (χ0) is 14.7. The quantitative estimate of drug-likeness (QED) is 0.403. The van der Waals surface area contributed by atoms with Gasteiger partial charge in [0, 0.05) is 19.6 Å². The van der Waals surface area contributed by atoms with E-state index >= 15 is 0 Å². The fourth-order valence-corrected chi connectivity index (χ4v) is 3.85. The molecule has 0 radical (unpaired) electrons. The smallest absolute Gasteiger partial charge is 0.191 e. The first-order valence-electron chi connectivity index (χ1n) is 8.71. The third kappa shape index (κ3) is 4.47. The molecule has 2 bridgehead atoms. The number of hydrogen-bond acceptors (Lipinski definition) is 3. The number of ether oxygens (including phenoxy) is 1. The first kappa shape index (κ1) is 18.3. The molecular weight excluding hydrogens is 391 g/mol. The molecule has 3 aliphatic rings. The SMILES string of the molecule is CCNC(=NCC1CCN(CC)C1)NC1CC2CCC1O2.I. The van der Waals surface area contributed by atoms with Gasteiger partial charge in [0.05, 0.1) is 18.2 Å². The van der Waals surface area contributed by atoms with Gasteiger partial charge in [0.15, 0.2) is 5.96 Å². The normalized spacial score (nSPS) is 34.7. The Bertz CT molecular complexity index is 379. The summed E-state index contributed by atoms with van der Waals surface area (Å²) in [6.45, 7) is 9.83. The van der Waals surface area contributed by atoms with E-state index in [1.54, 1.807) is 0 Å². The van der Waals surface area contributed by atoms with Crippen LogP contribution in [0, 0.1) is 5.92 Å². The number of aliphatic imine (C=N–C) groups is 1. The van der Waals surface area contributed by atoms with Crippen molar-refractivity contribution in [2.45, 2.75) is 57.8 Å². The minimum Gasteiger partial charge on any atom is -0.373 e. The molecule has 3 fully saturated rings. The van der Waals surface area contributed by atoms with Gasteiger partial charge < -0.3 is 20.3 Å². The van der Waals surface area contributed by atoms with E-state index in [4.69, 9.17) is 9.73 Å². The first-order valence-corrected chi connectivity index (χ1v) is 8.71. The second kappa shape index (κ2) is 8.68. The number of hydrogen-bond donors (Lipinski definition) is 2. The Balaban J connectivity index is 0.00000176. The molecule has 0 aliphatic carbocycles. The Hall–Kier alpha value is -0.0800. The third-order valence-corrected chi connectivity index (χ3v) is 5.10. The van der Waals surface area contributed by atoms with Gasteiger partial charge >= 0.3 is 0 Å². The standard InChI is InChI=1S/C16H30N4O.HI/c1-3-17-16(18-10-12-7-8-20(4-2)11-12)19-14-9-13-5-6-15(14)21-13;/h12-15H,3-11H2,1-2H3,(H2,17,18,19);1H. The van der Waals surface area contributed by atoms with Crippen LogP contribution >= 0.6 is 24.0 Å². The van der Waals surface area contributed by atoms with Crippen molar-refractivity contribution >= 4 is 29.9 Å². The summed E-state index contributed by atoms with van der Waals surface area (Å²) in [4.78, 5) is 7.34. The Labute approximate surface area is 151 Å². The lowest BCUT2D eigenvalue weighted by atomic mass is 9.96. The molecule has 0 saturated carbocycles. The maximum atomic E-state index is 5.92. The number of fused-ring (bicyclic) bond motifs is 2. The Morgan fingerprint density at radius 3 is 2.73 bits per heavy atom. The van der Waals surface area contributed by atoms with Gasteiger partial charge in [-0.2, -0.15) is 0 Å². The van der Waals surface area contributed by atoms with Crippen molar-refractivity contribution in [3.05, 3.63) is 0 Å². The summed E-state index contributed by atoms with van der Waals surface area (Å²) in [6.07, 6.45) is 5.77. The van der Waals surface area contributed by atoms with Crippen molar-refractivity contribution in [2.75, 3.05) is 32.7 Å². The predicted molar refractivity (Wildman–Crippen MR) is 101 cm³/mol. The van der Waals surface area contributed by atoms with Gasteiger partial charge in [0.2, 0.25) is 0 Å². The lowest BCUT2D eigenvalue weighted by Crippen LogP contribution is -2.47. The number of rotatable bonds is 5. The number of nitrogens with zero attached hydrogens (tertiary/aromatic N) is 2. The predicted octanol–water partition coefficient (Wildman–Crippen LogP) is 1.82. The van der Waals surface area contributed by atoms with Crippen molar-refractivity contribution in [1.29, 1.82) is 0 Å². The van der Waals surface area contributed by atoms with Crippen LogP contribution in [0.4, 0.5) is 0 Å². The molecule has 2 N–H and O–H groups in total. The van der Waals surface area contributed by atoms with Crippen LogP contribution in [0.3, 0.4) is 0 Å². The van der Waals surface area contributed by atoms with E-state index in [0.717, 1.165) is 31.4 Å². The number of guanidine groups is 1. The molecule has 0 aromatic carbocycles. The second-order valence-corrected chi connectivity index (χ2v) is 6.63. The molecule has 4 unspecified atom stereocenters. The summed E-state index contributed by atoms with van der Waals surface area (Å²) in [7, 11) is 0. The second-order valence-electron chi connectivity index (χ2n) is 6.63. The molecule has 22 heavy (non-hydrogen) atoms. The van der Waals surface area contributed by atoms with E-state index in [-0.39, 0.29) is 24.0 Å². The van der Waals surface area contributed by atoms with Crippen LogP contribution in [-0.2, 0) is 4.74 Å². The average Bonchev–Trinajstić information content (AvgIpc) is 3.21. The maximum Gasteiger partial charge on any atom is 0.191 e. The van der Waals surface area contributed by atoms with Crippen LogP contribution in [0.1, 0.15) is 39.5 Å². The molecule has 3 aliphatic heterocycles. The third-order valence-electron chi connectivity index (χ3n) is 5.10. The van der Waals surface area contributed by atoms with Crippen LogP contribution in [0.15, 0.2) is 4.99 Å². The molecule has 0 spiro atoms. The minimum atomic E-state index is 0. The highest BCUT2D eigenvalue weighted by atomic mass is 127. The Kier molecular flexibility index (Phi) is 7.21. The van der Waals surface area contributed by atoms with Gasteiger partial charge in [0.25, 0.3) is 0 Å². The van der Waals surface area contributed by atoms with Gasteiger partial charge in [0.1, 0.15) is 0 Å². The summed E-state index contributed by atoms with van der Waals surface area (Å²) < 4.78 is 5.92. The van der Waals surface area contributed by atoms with Crippen molar-refractivity contribution in [3.63, 3.8) is 0 Å². The van der Waals surface area contributed by atoms with E-state index in [0.29, 0.717) is 18.2 Å². The van der Waals surface area contributed by atoms with Crippen LogP contribution in [0.2, 0.25) is 0 Å². The summed E-state index contributed by atoms with van der Waals surface area (Å²) in [5.74, 6) is 1.70. The molecule has 0 amide bonds. The Morgan fingerprint density at radius 2 is 2.14 bits per heavy atom. The zero-order valence-corrected chi connectivity index (χ0v) is 16.2. The van der Waals surface area contributed by atoms with Gasteiger partial charge in [-0.3, -0.25) is 4.99 Å². The summed E-state index contributed by atoms with van der Waals surface area (Å²) in [5.41, 5.74) is 0. The zero-order valence-electron chi connectivity index (χ0n) is 13.9. The Morgan fingerprint density at radius 1 is 1.27 bits per heavy atom. The summed E-state index contributed by atoms with van der Waals surface area (Å²) in [6, 6.07) is 0.456. The lowest BCUT2D eigenvalue weighted by Gasteiger charge is -2.23. The molecule has 128 valence electrons. The molecule has 3 rings (SSSR count). The summed E-state index contributed by atoms with van der Waals surface area (Å²) in [5, 5.41) is 6.99. The van der Waals surface area contributed by atoms with E-state index in [9.17, 15) is 0 Å². The van der Waals surface area contributed by atoms with E-state index in [1.165, 1.54) is 38.9 Å². The molecule has 3 heterocycles. The minimum absolute atomic E-state index is 0. The van der Waals surface area contributed by atoms with Crippen molar-refractivity contribution in [1.82, 2.24) is 15.5 Å².